The van der Waals surface area contributed by atoms with Crippen molar-refractivity contribution in [1.29, 1.82) is 0 Å². The average Bonchev–Trinajstić information content (AvgIpc) is 2.38. The lowest BCUT2D eigenvalue weighted by Crippen LogP contribution is -2.34. The van der Waals surface area contributed by atoms with E-state index < -0.39 is 12.0 Å². The summed E-state index contributed by atoms with van der Waals surface area (Å²) in [5, 5.41) is 11.4. The SMILES string of the molecule is CN[C@@H](CCC(=O)OCc1ccccc1)C(=O)O. The molecule has 18 heavy (non-hydrogen) atoms. The van der Waals surface area contributed by atoms with E-state index in [2.05, 4.69) is 5.32 Å². The minimum atomic E-state index is -0.964. The van der Waals surface area contributed by atoms with Crippen LogP contribution in [0.4, 0.5) is 0 Å². The van der Waals surface area contributed by atoms with Crippen molar-refractivity contribution in [2.24, 2.45) is 0 Å². The fourth-order valence-electron chi connectivity index (χ4n) is 1.46. The Morgan fingerprint density at radius 3 is 2.56 bits per heavy atom. The van der Waals surface area contributed by atoms with Crippen LogP contribution in [-0.4, -0.2) is 30.1 Å². The number of hydrogen-bond acceptors (Lipinski definition) is 4. The second-order valence-electron chi connectivity index (χ2n) is 3.86. The van der Waals surface area contributed by atoms with Crippen LogP contribution in [0.3, 0.4) is 0 Å². The van der Waals surface area contributed by atoms with E-state index in [-0.39, 0.29) is 25.4 Å². The molecule has 0 unspecified atom stereocenters. The molecule has 1 atom stereocenters. The molecule has 0 aliphatic rings. The molecule has 1 aromatic rings. The standard InChI is InChI=1S/C13H17NO4/c1-14-11(13(16)17)7-8-12(15)18-9-10-5-3-2-4-6-10/h2-6,11,14H,7-9H2,1H3,(H,16,17)/t11-/m0/s1. The second-order valence-corrected chi connectivity index (χ2v) is 3.86. The zero-order chi connectivity index (χ0) is 13.4. The highest BCUT2D eigenvalue weighted by Crippen LogP contribution is 2.04. The maximum absolute atomic E-state index is 11.4. The summed E-state index contributed by atoms with van der Waals surface area (Å²) in [6, 6.07) is 8.63. The van der Waals surface area contributed by atoms with Gasteiger partial charge >= 0.3 is 11.9 Å². The second kappa shape index (κ2) is 7.45. The van der Waals surface area contributed by atoms with Crippen LogP contribution in [0, 0.1) is 0 Å². The predicted molar refractivity (Wildman–Crippen MR) is 66.0 cm³/mol. The first-order valence-electron chi connectivity index (χ1n) is 5.73. The molecule has 0 heterocycles. The van der Waals surface area contributed by atoms with Gasteiger partial charge in [0.15, 0.2) is 0 Å². The van der Waals surface area contributed by atoms with E-state index in [1.807, 2.05) is 30.3 Å². The van der Waals surface area contributed by atoms with E-state index in [1.165, 1.54) is 0 Å². The lowest BCUT2D eigenvalue weighted by Gasteiger charge is -2.10. The van der Waals surface area contributed by atoms with Crippen LogP contribution in [0.25, 0.3) is 0 Å². The lowest BCUT2D eigenvalue weighted by atomic mass is 10.1. The molecule has 1 rings (SSSR count). The summed E-state index contributed by atoms with van der Waals surface area (Å²) < 4.78 is 5.04. The number of benzene rings is 1. The van der Waals surface area contributed by atoms with Crippen LogP contribution in [0.2, 0.25) is 0 Å². The molecule has 0 aliphatic carbocycles. The average molecular weight is 251 g/mol. The van der Waals surface area contributed by atoms with Crippen LogP contribution >= 0.6 is 0 Å². The van der Waals surface area contributed by atoms with Crippen LogP contribution in [0.5, 0.6) is 0 Å². The van der Waals surface area contributed by atoms with Crippen molar-refractivity contribution in [2.45, 2.75) is 25.5 Å². The number of carboxylic acid groups (broad SMARTS) is 1. The Kier molecular flexibility index (Phi) is 5.87. The van der Waals surface area contributed by atoms with Crippen molar-refractivity contribution in [3.63, 3.8) is 0 Å². The van der Waals surface area contributed by atoms with Gasteiger partial charge in [0.05, 0.1) is 0 Å². The van der Waals surface area contributed by atoms with Crippen molar-refractivity contribution in [3.05, 3.63) is 35.9 Å². The number of rotatable bonds is 7. The lowest BCUT2D eigenvalue weighted by molar-refractivity contribution is -0.145. The number of carbonyl (C=O) groups excluding carboxylic acids is 1. The van der Waals surface area contributed by atoms with Crippen molar-refractivity contribution < 1.29 is 19.4 Å². The summed E-state index contributed by atoms with van der Waals surface area (Å²) >= 11 is 0. The fraction of sp³-hybridized carbons (Fsp3) is 0.385. The van der Waals surface area contributed by atoms with Crippen LogP contribution < -0.4 is 5.32 Å². The Morgan fingerprint density at radius 2 is 2.00 bits per heavy atom. The Balaban J connectivity index is 2.28. The smallest absolute Gasteiger partial charge is 0.320 e. The molecule has 0 radical (unpaired) electrons. The fourth-order valence-corrected chi connectivity index (χ4v) is 1.46. The van der Waals surface area contributed by atoms with Gasteiger partial charge in [-0.2, -0.15) is 0 Å². The number of nitrogens with one attached hydrogen (secondary N) is 1. The van der Waals surface area contributed by atoms with Gasteiger partial charge < -0.3 is 15.2 Å². The Morgan fingerprint density at radius 1 is 1.33 bits per heavy atom. The van der Waals surface area contributed by atoms with Gasteiger partial charge in [0.1, 0.15) is 12.6 Å². The first-order valence-corrected chi connectivity index (χ1v) is 5.73. The van der Waals surface area contributed by atoms with E-state index >= 15 is 0 Å². The van der Waals surface area contributed by atoms with Gasteiger partial charge in [-0.3, -0.25) is 9.59 Å². The minimum absolute atomic E-state index is 0.0879. The monoisotopic (exact) mass is 251 g/mol. The topological polar surface area (TPSA) is 75.6 Å². The highest BCUT2D eigenvalue weighted by Gasteiger charge is 2.16. The summed E-state index contributed by atoms with van der Waals surface area (Å²) in [6.45, 7) is 0.219. The zero-order valence-electron chi connectivity index (χ0n) is 10.3. The summed E-state index contributed by atoms with van der Waals surface area (Å²) in [5.41, 5.74) is 0.911. The molecular weight excluding hydrogens is 234 g/mol. The number of aliphatic carboxylic acids is 1. The Labute approximate surface area is 106 Å². The van der Waals surface area contributed by atoms with E-state index in [9.17, 15) is 9.59 Å². The van der Waals surface area contributed by atoms with Gasteiger partial charge in [0, 0.05) is 6.42 Å². The minimum Gasteiger partial charge on any atom is -0.480 e. The van der Waals surface area contributed by atoms with Gasteiger partial charge in [-0.05, 0) is 19.0 Å². The van der Waals surface area contributed by atoms with Crippen molar-refractivity contribution >= 4 is 11.9 Å². The van der Waals surface area contributed by atoms with Gasteiger partial charge in [0.25, 0.3) is 0 Å². The highest BCUT2D eigenvalue weighted by atomic mass is 16.5. The molecule has 5 nitrogen and oxygen atoms in total. The van der Waals surface area contributed by atoms with E-state index in [0.717, 1.165) is 5.56 Å². The molecule has 0 bridgehead atoms. The maximum atomic E-state index is 11.4. The highest BCUT2D eigenvalue weighted by molar-refractivity contribution is 5.75. The quantitative estimate of drug-likeness (QED) is 0.712. The first kappa shape index (κ1) is 14.2. The number of carbonyl (C=O) groups is 2. The van der Waals surface area contributed by atoms with E-state index in [0.29, 0.717) is 0 Å². The molecule has 0 saturated heterocycles. The molecule has 0 aliphatic heterocycles. The molecule has 0 fully saturated rings. The molecule has 1 aromatic carbocycles. The molecule has 0 aromatic heterocycles. The third-order valence-corrected chi connectivity index (χ3v) is 2.53. The first-order chi connectivity index (χ1) is 8.63. The van der Waals surface area contributed by atoms with Crippen molar-refractivity contribution in [1.82, 2.24) is 5.32 Å². The maximum Gasteiger partial charge on any atom is 0.320 e. The zero-order valence-corrected chi connectivity index (χ0v) is 10.3. The van der Waals surface area contributed by atoms with Crippen LogP contribution in [-0.2, 0) is 20.9 Å². The van der Waals surface area contributed by atoms with Gasteiger partial charge in [0.2, 0.25) is 0 Å². The number of carboxylic acids is 1. The van der Waals surface area contributed by atoms with E-state index in [4.69, 9.17) is 9.84 Å². The van der Waals surface area contributed by atoms with Gasteiger partial charge in [-0.15, -0.1) is 0 Å². The summed E-state index contributed by atoms with van der Waals surface area (Å²) in [4.78, 5) is 22.1. The van der Waals surface area contributed by atoms with Gasteiger partial charge in [-0.25, -0.2) is 0 Å². The Bertz CT molecular complexity index is 391. The number of hydrogen-bond donors (Lipinski definition) is 2. The largest absolute Gasteiger partial charge is 0.480 e. The summed E-state index contributed by atoms with van der Waals surface area (Å²) in [7, 11) is 1.55. The third kappa shape index (κ3) is 4.97. The number of esters is 1. The van der Waals surface area contributed by atoms with Crippen molar-refractivity contribution in [3.8, 4) is 0 Å². The van der Waals surface area contributed by atoms with Gasteiger partial charge in [-0.1, -0.05) is 30.3 Å². The molecule has 0 spiro atoms. The van der Waals surface area contributed by atoms with Crippen LogP contribution in [0.15, 0.2) is 30.3 Å². The van der Waals surface area contributed by atoms with E-state index in [1.54, 1.807) is 7.05 Å². The predicted octanol–water partition coefficient (Wildman–Crippen LogP) is 1.18. The molecule has 0 saturated carbocycles. The Hall–Kier alpha value is -1.88. The van der Waals surface area contributed by atoms with Crippen LogP contribution in [0.1, 0.15) is 18.4 Å². The molecule has 98 valence electrons. The molecule has 0 amide bonds. The van der Waals surface area contributed by atoms with Crippen molar-refractivity contribution in [2.75, 3.05) is 7.05 Å². The summed E-state index contributed by atoms with van der Waals surface area (Å²) in [5.74, 6) is -1.35. The molecule has 5 heteroatoms. The molecular formula is C13H17NO4. The number of likely N-dealkylation sites (N-methyl/N-ethyl adjacent to an activating group) is 1. The summed E-state index contributed by atoms with van der Waals surface area (Å²) in [6.07, 6.45) is 0.310. The third-order valence-electron chi connectivity index (χ3n) is 2.53. The normalized spacial score (nSPS) is 11.8. The molecule has 2 N–H and O–H groups in total. The number of ether oxygens (including phenoxy) is 1.